The van der Waals surface area contributed by atoms with Crippen LogP contribution in [0.15, 0.2) is 36.4 Å². The van der Waals surface area contributed by atoms with Crippen LogP contribution in [0.5, 0.6) is 0 Å². The van der Waals surface area contributed by atoms with Crippen molar-refractivity contribution in [3.05, 3.63) is 58.1 Å². The Morgan fingerprint density at radius 1 is 1.05 bits per heavy atom. The van der Waals surface area contributed by atoms with Crippen molar-refractivity contribution in [2.45, 2.75) is 20.8 Å². The zero-order chi connectivity index (χ0) is 15.4. The van der Waals surface area contributed by atoms with Gasteiger partial charge in [-0.1, -0.05) is 35.9 Å². The van der Waals surface area contributed by atoms with E-state index in [0.717, 1.165) is 28.1 Å². The van der Waals surface area contributed by atoms with E-state index in [0.29, 0.717) is 5.02 Å². The predicted octanol–water partition coefficient (Wildman–Crippen LogP) is 4.32. The number of rotatable bonds is 4. The lowest BCUT2D eigenvalue weighted by molar-refractivity contribution is -0.114. The molecule has 1 amide bonds. The largest absolute Gasteiger partial charge is 0.376 e. The first kappa shape index (κ1) is 15.4. The summed E-state index contributed by atoms with van der Waals surface area (Å²) < 4.78 is 0. The maximum absolute atomic E-state index is 12.1. The second-order valence-corrected chi connectivity index (χ2v) is 5.56. The normalized spacial score (nSPS) is 10.3. The minimum atomic E-state index is -0.0944. The van der Waals surface area contributed by atoms with Crippen LogP contribution < -0.4 is 10.6 Å². The van der Waals surface area contributed by atoms with Gasteiger partial charge in [-0.15, -0.1) is 0 Å². The lowest BCUT2D eigenvalue weighted by Crippen LogP contribution is -2.22. The molecule has 0 fully saturated rings. The summed E-state index contributed by atoms with van der Waals surface area (Å²) >= 11 is 5.95. The molecule has 0 atom stereocenters. The number of hydrogen-bond donors (Lipinski definition) is 2. The topological polar surface area (TPSA) is 41.1 Å². The molecule has 0 aliphatic carbocycles. The van der Waals surface area contributed by atoms with Crippen LogP contribution >= 0.6 is 11.6 Å². The predicted molar refractivity (Wildman–Crippen MR) is 89.2 cm³/mol. The third-order valence-electron chi connectivity index (χ3n) is 3.38. The molecular weight excluding hydrogens is 284 g/mol. The molecule has 0 radical (unpaired) electrons. The van der Waals surface area contributed by atoms with Crippen LogP contribution in [0.2, 0.25) is 5.02 Å². The van der Waals surface area contributed by atoms with E-state index in [1.54, 1.807) is 6.07 Å². The van der Waals surface area contributed by atoms with Gasteiger partial charge < -0.3 is 10.6 Å². The number of halogens is 1. The van der Waals surface area contributed by atoms with Crippen molar-refractivity contribution >= 4 is 28.9 Å². The Kier molecular flexibility index (Phi) is 4.86. The average Bonchev–Trinajstić information content (AvgIpc) is 2.42. The van der Waals surface area contributed by atoms with Gasteiger partial charge in [-0.3, -0.25) is 4.79 Å². The van der Waals surface area contributed by atoms with E-state index in [4.69, 9.17) is 11.6 Å². The molecule has 0 spiro atoms. The van der Waals surface area contributed by atoms with Crippen molar-refractivity contribution in [1.29, 1.82) is 0 Å². The highest BCUT2D eigenvalue weighted by Crippen LogP contribution is 2.21. The molecule has 2 aromatic rings. The van der Waals surface area contributed by atoms with Crippen molar-refractivity contribution in [3.63, 3.8) is 0 Å². The lowest BCUT2D eigenvalue weighted by Gasteiger charge is -2.13. The molecule has 4 heteroatoms. The van der Waals surface area contributed by atoms with Gasteiger partial charge in [-0.2, -0.15) is 0 Å². The van der Waals surface area contributed by atoms with Gasteiger partial charge in [0.15, 0.2) is 0 Å². The Hall–Kier alpha value is -2.00. The third kappa shape index (κ3) is 3.99. The van der Waals surface area contributed by atoms with Gasteiger partial charge in [0.1, 0.15) is 0 Å². The molecule has 21 heavy (non-hydrogen) atoms. The molecule has 0 saturated heterocycles. The van der Waals surface area contributed by atoms with Gasteiger partial charge in [0.2, 0.25) is 5.91 Å². The molecule has 2 aromatic carbocycles. The molecule has 0 saturated carbocycles. The molecule has 0 aliphatic heterocycles. The highest BCUT2D eigenvalue weighted by Gasteiger charge is 2.07. The van der Waals surface area contributed by atoms with E-state index in [1.165, 1.54) is 0 Å². The maximum Gasteiger partial charge on any atom is 0.243 e. The van der Waals surface area contributed by atoms with E-state index < -0.39 is 0 Å². The Labute approximate surface area is 130 Å². The Balaban J connectivity index is 2.01. The number of amides is 1. The number of carbonyl (C=O) groups excluding carboxylic acids is 1. The Morgan fingerprint density at radius 2 is 1.71 bits per heavy atom. The van der Waals surface area contributed by atoms with Crippen LogP contribution in [0.1, 0.15) is 16.7 Å². The molecule has 110 valence electrons. The maximum atomic E-state index is 12.1. The Morgan fingerprint density at radius 3 is 2.38 bits per heavy atom. The smallest absolute Gasteiger partial charge is 0.243 e. The van der Waals surface area contributed by atoms with Crippen LogP contribution in [0.4, 0.5) is 11.4 Å². The number of nitrogens with one attached hydrogen (secondary N) is 2. The SMILES string of the molecule is Cc1ccc(Cl)cc1NC(=O)CNc1c(C)cccc1C. The molecule has 0 unspecified atom stereocenters. The third-order valence-corrected chi connectivity index (χ3v) is 3.62. The summed E-state index contributed by atoms with van der Waals surface area (Å²) in [4.78, 5) is 12.1. The summed E-state index contributed by atoms with van der Waals surface area (Å²) in [5.41, 5.74) is 4.99. The van der Waals surface area contributed by atoms with Gasteiger partial charge >= 0.3 is 0 Å². The van der Waals surface area contributed by atoms with Crippen LogP contribution in [0, 0.1) is 20.8 Å². The van der Waals surface area contributed by atoms with Gasteiger partial charge in [0, 0.05) is 16.4 Å². The van der Waals surface area contributed by atoms with E-state index in [1.807, 2.05) is 51.1 Å². The number of anilines is 2. The average molecular weight is 303 g/mol. The van der Waals surface area contributed by atoms with Gasteiger partial charge in [-0.25, -0.2) is 0 Å². The summed E-state index contributed by atoms with van der Waals surface area (Å²) in [7, 11) is 0. The summed E-state index contributed by atoms with van der Waals surface area (Å²) in [6.07, 6.45) is 0. The summed E-state index contributed by atoms with van der Waals surface area (Å²) in [6.45, 7) is 6.20. The van der Waals surface area contributed by atoms with E-state index >= 15 is 0 Å². The molecular formula is C17H19ClN2O. The van der Waals surface area contributed by atoms with Crippen molar-refractivity contribution in [2.24, 2.45) is 0 Å². The van der Waals surface area contributed by atoms with Crippen LogP contribution in [-0.4, -0.2) is 12.5 Å². The molecule has 2 N–H and O–H groups in total. The van der Waals surface area contributed by atoms with Crippen LogP contribution in [0.3, 0.4) is 0 Å². The van der Waals surface area contributed by atoms with Gasteiger partial charge in [-0.05, 0) is 49.6 Å². The monoisotopic (exact) mass is 302 g/mol. The molecule has 0 bridgehead atoms. The lowest BCUT2D eigenvalue weighted by atomic mass is 10.1. The van der Waals surface area contributed by atoms with Crippen LogP contribution in [-0.2, 0) is 4.79 Å². The van der Waals surface area contributed by atoms with Crippen molar-refractivity contribution < 1.29 is 4.79 Å². The minimum Gasteiger partial charge on any atom is -0.376 e. The van der Waals surface area contributed by atoms with E-state index in [9.17, 15) is 4.79 Å². The van der Waals surface area contributed by atoms with Crippen molar-refractivity contribution in [3.8, 4) is 0 Å². The first-order chi connectivity index (χ1) is 9.97. The van der Waals surface area contributed by atoms with E-state index in [-0.39, 0.29) is 12.5 Å². The molecule has 0 aromatic heterocycles. The second-order valence-electron chi connectivity index (χ2n) is 5.13. The fraction of sp³-hybridized carbons (Fsp3) is 0.235. The van der Waals surface area contributed by atoms with Crippen LogP contribution in [0.25, 0.3) is 0 Å². The zero-order valence-corrected chi connectivity index (χ0v) is 13.2. The van der Waals surface area contributed by atoms with E-state index in [2.05, 4.69) is 10.6 Å². The number of aryl methyl sites for hydroxylation is 3. The number of hydrogen-bond acceptors (Lipinski definition) is 2. The fourth-order valence-corrected chi connectivity index (χ4v) is 2.36. The molecule has 0 aliphatic rings. The minimum absolute atomic E-state index is 0.0944. The summed E-state index contributed by atoms with van der Waals surface area (Å²) in [5, 5.41) is 6.67. The van der Waals surface area contributed by atoms with Gasteiger partial charge in [0.25, 0.3) is 0 Å². The summed E-state index contributed by atoms with van der Waals surface area (Å²) in [6, 6.07) is 11.5. The molecule has 2 rings (SSSR count). The number of para-hydroxylation sites is 1. The number of benzene rings is 2. The second kappa shape index (κ2) is 6.64. The van der Waals surface area contributed by atoms with Crippen molar-refractivity contribution in [2.75, 3.05) is 17.2 Å². The zero-order valence-electron chi connectivity index (χ0n) is 12.5. The fourth-order valence-electron chi connectivity index (χ4n) is 2.19. The molecule has 3 nitrogen and oxygen atoms in total. The Bertz CT molecular complexity index is 648. The van der Waals surface area contributed by atoms with Gasteiger partial charge in [0.05, 0.1) is 6.54 Å². The highest BCUT2D eigenvalue weighted by atomic mass is 35.5. The number of carbonyl (C=O) groups is 1. The summed E-state index contributed by atoms with van der Waals surface area (Å²) in [5.74, 6) is -0.0944. The standard InChI is InChI=1S/C17H19ClN2O/c1-11-7-8-14(18)9-15(11)20-16(21)10-19-17-12(2)5-4-6-13(17)3/h4-9,19H,10H2,1-3H3,(H,20,21). The quantitative estimate of drug-likeness (QED) is 0.883. The molecule has 0 heterocycles. The van der Waals surface area contributed by atoms with Crippen molar-refractivity contribution in [1.82, 2.24) is 0 Å². The first-order valence-electron chi connectivity index (χ1n) is 6.83. The first-order valence-corrected chi connectivity index (χ1v) is 7.21. The highest BCUT2D eigenvalue weighted by molar-refractivity contribution is 6.31.